The highest BCUT2D eigenvalue weighted by Gasteiger charge is 2.59. The lowest BCUT2D eigenvalue weighted by molar-refractivity contribution is -0.384. The molecule has 1 aromatic carbocycles. The predicted octanol–water partition coefficient (Wildman–Crippen LogP) is 3.00. The molecule has 1 saturated heterocycles. The van der Waals surface area contributed by atoms with Crippen molar-refractivity contribution in [1.29, 1.82) is 0 Å². The van der Waals surface area contributed by atoms with Crippen molar-refractivity contribution >= 4 is 23.7 Å². The lowest BCUT2D eigenvalue weighted by atomic mass is 9.85. The summed E-state index contributed by atoms with van der Waals surface area (Å²) < 4.78 is 5.62. The van der Waals surface area contributed by atoms with E-state index in [0.717, 1.165) is 11.4 Å². The largest absolute Gasteiger partial charge is 0.455 e. The van der Waals surface area contributed by atoms with Crippen molar-refractivity contribution in [2.75, 3.05) is 0 Å². The van der Waals surface area contributed by atoms with Crippen LogP contribution in [0.25, 0.3) is 11.3 Å². The van der Waals surface area contributed by atoms with Gasteiger partial charge < -0.3 is 4.42 Å². The maximum absolute atomic E-state index is 12.6. The van der Waals surface area contributed by atoms with Crippen molar-refractivity contribution in [3.05, 3.63) is 64.4 Å². The molecule has 4 atom stereocenters. The number of imide groups is 1. The number of allylic oxidation sites excluding steroid dienone is 2. The molecule has 2 aliphatic carbocycles. The van der Waals surface area contributed by atoms with Gasteiger partial charge in [0.05, 0.1) is 28.5 Å². The van der Waals surface area contributed by atoms with E-state index in [1.165, 1.54) is 12.3 Å². The van der Waals surface area contributed by atoms with E-state index in [1.807, 2.05) is 12.2 Å². The van der Waals surface area contributed by atoms with Crippen LogP contribution in [-0.2, 0) is 9.59 Å². The standard InChI is InChI=1S/C20H15N3O5/c24-19-17-11-5-6-12(9-11)18(17)20(25)22(19)21-10-13-7-8-16(28-13)14-3-1-2-4-15(14)23(26)27/h1-8,10-12,17-18H,9H2/b21-10-/t11-,12-,17+,18+/m0/s1. The van der Waals surface area contributed by atoms with Gasteiger partial charge >= 0.3 is 0 Å². The topological polar surface area (TPSA) is 106 Å². The van der Waals surface area contributed by atoms with Crippen LogP contribution in [0.4, 0.5) is 5.69 Å². The van der Waals surface area contributed by atoms with Gasteiger partial charge in [0.1, 0.15) is 11.5 Å². The van der Waals surface area contributed by atoms with Crippen molar-refractivity contribution in [2.24, 2.45) is 28.8 Å². The number of rotatable bonds is 4. The Balaban J connectivity index is 1.39. The third-order valence-electron chi connectivity index (χ3n) is 5.74. The molecule has 2 bridgehead atoms. The average molecular weight is 377 g/mol. The Bertz CT molecular complexity index is 1040. The van der Waals surface area contributed by atoms with Crippen LogP contribution in [0.2, 0.25) is 0 Å². The molecule has 2 aromatic rings. The van der Waals surface area contributed by atoms with Gasteiger partial charge in [-0.15, -0.1) is 0 Å². The molecule has 1 aliphatic heterocycles. The molecule has 140 valence electrons. The third-order valence-corrected chi connectivity index (χ3v) is 5.74. The molecule has 0 N–H and O–H groups in total. The second-order valence-electron chi connectivity index (χ2n) is 7.21. The summed E-state index contributed by atoms with van der Waals surface area (Å²) >= 11 is 0. The zero-order chi connectivity index (χ0) is 19.4. The molecule has 1 saturated carbocycles. The summed E-state index contributed by atoms with van der Waals surface area (Å²) in [7, 11) is 0. The number of para-hydroxylation sites is 1. The monoisotopic (exact) mass is 377 g/mol. The number of carbonyl (C=O) groups is 2. The summed E-state index contributed by atoms with van der Waals surface area (Å²) in [6.07, 6.45) is 6.21. The molecule has 8 heteroatoms. The van der Waals surface area contributed by atoms with Crippen LogP contribution in [0.3, 0.4) is 0 Å². The van der Waals surface area contributed by atoms with E-state index < -0.39 is 4.92 Å². The van der Waals surface area contributed by atoms with E-state index in [4.69, 9.17) is 4.42 Å². The van der Waals surface area contributed by atoms with Crippen LogP contribution in [-0.4, -0.2) is 28.0 Å². The van der Waals surface area contributed by atoms with Crippen molar-refractivity contribution in [2.45, 2.75) is 6.42 Å². The fraction of sp³-hybridized carbons (Fsp3) is 0.250. The SMILES string of the molecule is O=C1[C@H]2[C@H](C(=O)N1/N=C\c1ccc(-c3ccccc3[N+](=O)[O-])o1)[C@H]1C=C[C@H]2C1. The van der Waals surface area contributed by atoms with Crippen LogP contribution in [0, 0.1) is 33.8 Å². The Morgan fingerprint density at radius 3 is 2.43 bits per heavy atom. The zero-order valence-corrected chi connectivity index (χ0v) is 14.6. The first-order valence-electron chi connectivity index (χ1n) is 8.98. The minimum absolute atomic E-state index is 0.0685. The summed E-state index contributed by atoms with van der Waals surface area (Å²) in [6, 6.07) is 9.43. The Morgan fingerprint density at radius 1 is 1.07 bits per heavy atom. The first-order chi connectivity index (χ1) is 13.5. The Kier molecular flexibility index (Phi) is 3.55. The highest BCUT2D eigenvalue weighted by Crippen LogP contribution is 2.52. The molecule has 0 radical (unpaired) electrons. The molecular formula is C20H15N3O5. The van der Waals surface area contributed by atoms with Gasteiger partial charge in [0.25, 0.3) is 17.5 Å². The number of nitrogens with zero attached hydrogens (tertiary/aromatic N) is 3. The Hall–Kier alpha value is -3.55. The third kappa shape index (κ3) is 2.34. The van der Waals surface area contributed by atoms with Crippen LogP contribution in [0.5, 0.6) is 0 Å². The van der Waals surface area contributed by atoms with E-state index in [1.54, 1.807) is 30.3 Å². The van der Waals surface area contributed by atoms with E-state index in [0.29, 0.717) is 17.1 Å². The van der Waals surface area contributed by atoms with Crippen LogP contribution >= 0.6 is 0 Å². The van der Waals surface area contributed by atoms with Gasteiger partial charge in [0, 0.05) is 6.07 Å². The summed E-state index contributed by atoms with van der Waals surface area (Å²) in [6.45, 7) is 0. The number of hydrogen-bond donors (Lipinski definition) is 0. The number of hydrazone groups is 1. The molecule has 28 heavy (non-hydrogen) atoms. The summed E-state index contributed by atoms with van der Waals surface area (Å²) in [5.41, 5.74) is 0.277. The number of fused-ring (bicyclic) bond motifs is 5. The predicted molar refractivity (Wildman–Crippen MR) is 98.0 cm³/mol. The van der Waals surface area contributed by atoms with Gasteiger partial charge in [-0.05, 0) is 36.5 Å². The van der Waals surface area contributed by atoms with Crippen LogP contribution < -0.4 is 0 Å². The summed E-state index contributed by atoms with van der Waals surface area (Å²) in [4.78, 5) is 35.9. The molecule has 2 fully saturated rings. The minimum Gasteiger partial charge on any atom is -0.455 e. The van der Waals surface area contributed by atoms with Gasteiger partial charge in [-0.25, -0.2) is 0 Å². The summed E-state index contributed by atoms with van der Waals surface area (Å²) in [5, 5.41) is 16.2. The number of nitro groups is 1. The Labute approximate surface area is 159 Å². The lowest BCUT2D eigenvalue weighted by Gasteiger charge is -2.13. The molecule has 2 heterocycles. The van der Waals surface area contributed by atoms with Crippen molar-refractivity contribution in [3.63, 3.8) is 0 Å². The number of furan rings is 1. The highest BCUT2D eigenvalue weighted by molar-refractivity contribution is 6.06. The number of nitro benzene ring substituents is 1. The Morgan fingerprint density at radius 2 is 1.75 bits per heavy atom. The van der Waals surface area contributed by atoms with E-state index >= 15 is 0 Å². The molecule has 0 spiro atoms. The van der Waals surface area contributed by atoms with Crippen molar-refractivity contribution < 1.29 is 18.9 Å². The van der Waals surface area contributed by atoms with Gasteiger partial charge in [-0.3, -0.25) is 19.7 Å². The van der Waals surface area contributed by atoms with Gasteiger partial charge in [0.15, 0.2) is 0 Å². The van der Waals surface area contributed by atoms with Gasteiger partial charge in [0.2, 0.25) is 0 Å². The van der Waals surface area contributed by atoms with E-state index in [-0.39, 0.29) is 41.2 Å². The maximum atomic E-state index is 12.6. The van der Waals surface area contributed by atoms with Crippen molar-refractivity contribution in [3.8, 4) is 11.3 Å². The number of amides is 2. The molecule has 3 aliphatic rings. The van der Waals surface area contributed by atoms with Crippen molar-refractivity contribution in [1.82, 2.24) is 5.01 Å². The average Bonchev–Trinajstić information content (AvgIpc) is 3.46. The highest BCUT2D eigenvalue weighted by atomic mass is 16.6. The smallest absolute Gasteiger partial charge is 0.280 e. The molecule has 1 aromatic heterocycles. The fourth-order valence-corrected chi connectivity index (χ4v) is 4.52. The molecule has 2 amide bonds. The molecule has 5 rings (SSSR count). The number of benzene rings is 1. The quantitative estimate of drug-likeness (QED) is 0.268. The van der Waals surface area contributed by atoms with Gasteiger partial charge in [-0.1, -0.05) is 24.3 Å². The first-order valence-corrected chi connectivity index (χ1v) is 8.98. The fourth-order valence-electron chi connectivity index (χ4n) is 4.52. The van der Waals surface area contributed by atoms with Crippen LogP contribution in [0.15, 0.2) is 58.1 Å². The second kappa shape index (κ2) is 5.98. The van der Waals surface area contributed by atoms with E-state index in [9.17, 15) is 19.7 Å². The lowest BCUT2D eigenvalue weighted by Crippen LogP contribution is -2.28. The van der Waals surface area contributed by atoms with E-state index in [2.05, 4.69) is 5.10 Å². The van der Waals surface area contributed by atoms with Crippen LogP contribution in [0.1, 0.15) is 12.2 Å². The molecule has 8 nitrogen and oxygen atoms in total. The minimum atomic E-state index is -0.478. The molecule has 0 unspecified atom stereocenters. The number of carbonyl (C=O) groups excluding carboxylic acids is 2. The maximum Gasteiger partial charge on any atom is 0.280 e. The summed E-state index contributed by atoms with van der Waals surface area (Å²) in [5.74, 6) is -0.292. The normalized spacial score (nSPS) is 27.9. The second-order valence-corrected chi connectivity index (χ2v) is 7.21. The van der Waals surface area contributed by atoms with Gasteiger partial charge in [-0.2, -0.15) is 10.1 Å². The number of hydrogen-bond acceptors (Lipinski definition) is 6. The molecular weight excluding hydrogens is 362 g/mol. The zero-order valence-electron chi connectivity index (χ0n) is 14.6. The first kappa shape index (κ1) is 16.6.